The summed E-state index contributed by atoms with van der Waals surface area (Å²) in [5.74, 6) is 0. The highest BCUT2D eigenvalue weighted by Gasteiger charge is 2.22. The van der Waals surface area contributed by atoms with Gasteiger partial charge in [0.25, 0.3) is 0 Å². The van der Waals surface area contributed by atoms with Crippen molar-refractivity contribution in [3.63, 3.8) is 0 Å². The lowest BCUT2D eigenvalue weighted by Crippen LogP contribution is -2.26. The monoisotopic (exact) mass is 287 g/mol. The highest BCUT2D eigenvalue weighted by molar-refractivity contribution is 5.89. The van der Waals surface area contributed by atoms with E-state index in [4.69, 9.17) is 0 Å². The van der Waals surface area contributed by atoms with Crippen LogP contribution in [0.25, 0.3) is 10.8 Å². The van der Waals surface area contributed by atoms with E-state index in [9.17, 15) is 0 Å². The lowest BCUT2D eigenvalue weighted by atomic mass is 10.0. The number of para-hydroxylation sites is 1. The van der Waals surface area contributed by atoms with E-state index in [0.29, 0.717) is 6.04 Å². The first-order chi connectivity index (χ1) is 10.7. The van der Waals surface area contributed by atoms with E-state index in [0.717, 1.165) is 12.8 Å². The van der Waals surface area contributed by atoms with Crippen molar-refractivity contribution in [1.82, 2.24) is 0 Å². The second-order valence-electron chi connectivity index (χ2n) is 6.42. The Hall–Kier alpha value is -2.28. The lowest BCUT2D eigenvalue weighted by Gasteiger charge is -2.31. The van der Waals surface area contributed by atoms with Crippen LogP contribution >= 0.6 is 0 Å². The quantitative estimate of drug-likeness (QED) is 0.572. The molecule has 4 rings (SSSR count). The molecule has 0 N–H and O–H groups in total. The van der Waals surface area contributed by atoms with E-state index in [2.05, 4.69) is 79.4 Å². The molecule has 110 valence electrons. The Morgan fingerprint density at radius 1 is 0.727 bits per heavy atom. The molecule has 0 atom stereocenters. The Morgan fingerprint density at radius 3 is 2.14 bits per heavy atom. The van der Waals surface area contributed by atoms with Gasteiger partial charge in [-0.05, 0) is 66.8 Å². The molecular weight excluding hydrogens is 266 g/mol. The van der Waals surface area contributed by atoms with E-state index < -0.39 is 0 Å². The van der Waals surface area contributed by atoms with E-state index in [1.165, 1.54) is 33.3 Å². The highest BCUT2D eigenvalue weighted by Crippen LogP contribution is 2.39. The van der Waals surface area contributed by atoms with Crippen molar-refractivity contribution >= 4 is 22.1 Å². The summed E-state index contributed by atoms with van der Waals surface area (Å²) in [6, 6.07) is 22.7. The molecule has 22 heavy (non-hydrogen) atoms. The zero-order valence-electron chi connectivity index (χ0n) is 13.2. The number of aryl methyl sites for hydroxylation is 2. The molecule has 1 nitrogen and oxygen atoms in total. The first-order valence-corrected chi connectivity index (χ1v) is 8.13. The van der Waals surface area contributed by atoms with Gasteiger partial charge in [-0.3, -0.25) is 0 Å². The van der Waals surface area contributed by atoms with Crippen molar-refractivity contribution in [3.05, 3.63) is 71.8 Å². The largest absolute Gasteiger partial charge is 0.338 e. The Labute approximate surface area is 132 Å². The maximum absolute atomic E-state index is 2.50. The average molecular weight is 287 g/mol. The second kappa shape index (κ2) is 5.17. The Morgan fingerprint density at radius 2 is 1.36 bits per heavy atom. The molecule has 0 unspecified atom stereocenters. The molecule has 0 fully saturated rings. The number of benzene rings is 3. The van der Waals surface area contributed by atoms with E-state index in [-0.39, 0.29) is 0 Å². The maximum Gasteiger partial charge on any atom is 0.0452 e. The average Bonchev–Trinajstić information content (AvgIpc) is 2.69. The molecule has 0 bridgehead atoms. The number of fused-ring (bicyclic) bond motifs is 3. The zero-order chi connectivity index (χ0) is 15.1. The van der Waals surface area contributed by atoms with Gasteiger partial charge in [-0.1, -0.05) is 42.5 Å². The minimum atomic E-state index is 0.444. The molecule has 0 aromatic heterocycles. The molecule has 1 aliphatic heterocycles. The van der Waals surface area contributed by atoms with Crippen molar-refractivity contribution < 1.29 is 0 Å². The van der Waals surface area contributed by atoms with Crippen molar-refractivity contribution in [2.45, 2.75) is 32.7 Å². The van der Waals surface area contributed by atoms with Crippen LogP contribution < -0.4 is 4.90 Å². The summed E-state index contributed by atoms with van der Waals surface area (Å²) in [5, 5.41) is 2.67. The number of hydrogen-bond acceptors (Lipinski definition) is 1. The molecule has 1 heterocycles. The van der Waals surface area contributed by atoms with Crippen LogP contribution in [-0.4, -0.2) is 6.04 Å². The number of rotatable bonds is 1. The number of anilines is 2. The van der Waals surface area contributed by atoms with Gasteiger partial charge in [-0.15, -0.1) is 0 Å². The highest BCUT2D eigenvalue weighted by atomic mass is 15.2. The molecule has 0 radical (unpaired) electrons. The van der Waals surface area contributed by atoms with Crippen LogP contribution in [0.5, 0.6) is 0 Å². The summed E-state index contributed by atoms with van der Waals surface area (Å²) >= 11 is 0. The van der Waals surface area contributed by atoms with Crippen LogP contribution in [0.3, 0.4) is 0 Å². The minimum absolute atomic E-state index is 0.444. The molecule has 0 aliphatic carbocycles. The van der Waals surface area contributed by atoms with Gasteiger partial charge in [-0.2, -0.15) is 0 Å². The van der Waals surface area contributed by atoms with E-state index in [1.54, 1.807) is 0 Å². The molecule has 0 saturated carbocycles. The molecule has 0 spiro atoms. The van der Waals surface area contributed by atoms with Gasteiger partial charge >= 0.3 is 0 Å². The summed E-state index contributed by atoms with van der Waals surface area (Å²) in [5.41, 5.74) is 5.66. The van der Waals surface area contributed by atoms with E-state index in [1.807, 2.05) is 0 Å². The van der Waals surface area contributed by atoms with Crippen LogP contribution in [0.2, 0.25) is 0 Å². The Kier molecular flexibility index (Phi) is 3.15. The van der Waals surface area contributed by atoms with Crippen LogP contribution in [-0.2, 0) is 12.8 Å². The Bertz CT molecular complexity index is 832. The molecule has 0 amide bonds. The predicted molar refractivity (Wildman–Crippen MR) is 95.1 cm³/mol. The summed E-state index contributed by atoms with van der Waals surface area (Å²) in [7, 11) is 0. The molecule has 1 heteroatoms. The predicted octanol–water partition coefficient (Wildman–Crippen LogP) is 5.48. The lowest BCUT2D eigenvalue weighted by molar-refractivity contribution is 0.787. The SMILES string of the molecule is CC(C)N1c2ccccc2CCc2cc3ccccc3cc21. The third-order valence-electron chi connectivity index (χ3n) is 4.64. The molecular formula is C21H21N. The van der Waals surface area contributed by atoms with Crippen molar-refractivity contribution in [1.29, 1.82) is 0 Å². The van der Waals surface area contributed by atoms with Gasteiger partial charge in [0.2, 0.25) is 0 Å². The number of hydrogen-bond donors (Lipinski definition) is 0. The fraction of sp³-hybridized carbons (Fsp3) is 0.238. The van der Waals surface area contributed by atoms with Crippen LogP contribution in [0.15, 0.2) is 60.7 Å². The zero-order valence-corrected chi connectivity index (χ0v) is 13.2. The number of nitrogens with zero attached hydrogens (tertiary/aromatic N) is 1. The standard InChI is InChI=1S/C21H21N/c1-15(2)22-20-10-6-5-7-16(20)11-12-19-13-17-8-3-4-9-18(17)14-21(19)22/h3-10,13-15H,11-12H2,1-2H3. The smallest absolute Gasteiger partial charge is 0.0452 e. The topological polar surface area (TPSA) is 3.24 Å². The molecule has 3 aromatic carbocycles. The first kappa shape index (κ1) is 13.4. The maximum atomic E-state index is 2.50. The van der Waals surface area contributed by atoms with Crippen LogP contribution in [0, 0.1) is 0 Å². The van der Waals surface area contributed by atoms with Gasteiger partial charge in [0, 0.05) is 17.4 Å². The summed E-state index contributed by atoms with van der Waals surface area (Å²) < 4.78 is 0. The Balaban J connectivity index is 1.99. The van der Waals surface area contributed by atoms with Gasteiger partial charge in [0.05, 0.1) is 0 Å². The molecule has 0 saturated heterocycles. The third kappa shape index (κ3) is 2.09. The van der Waals surface area contributed by atoms with Crippen molar-refractivity contribution in [2.24, 2.45) is 0 Å². The van der Waals surface area contributed by atoms with Gasteiger partial charge in [0.1, 0.15) is 0 Å². The van der Waals surface area contributed by atoms with Crippen LogP contribution in [0.1, 0.15) is 25.0 Å². The normalized spacial score (nSPS) is 13.9. The minimum Gasteiger partial charge on any atom is -0.338 e. The molecule has 1 aliphatic rings. The summed E-state index contributed by atoms with van der Waals surface area (Å²) in [6.45, 7) is 4.56. The van der Waals surface area contributed by atoms with Gasteiger partial charge in [0.15, 0.2) is 0 Å². The van der Waals surface area contributed by atoms with Crippen molar-refractivity contribution in [3.8, 4) is 0 Å². The second-order valence-corrected chi connectivity index (χ2v) is 6.42. The van der Waals surface area contributed by atoms with Gasteiger partial charge < -0.3 is 4.90 Å². The van der Waals surface area contributed by atoms with Crippen LogP contribution in [0.4, 0.5) is 11.4 Å². The fourth-order valence-corrected chi connectivity index (χ4v) is 3.61. The van der Waals surface area contributed by atoms with Gasteiger partial charge in [-0.25, -0.2) is 0 Å². The summed E-state index contributed by atoms with van der Waals surface area (Å²) in [4.78, 5) is 2.50. The summed E-state index contributed by atoms with van der Waals surface area (Å²) in [6.07, 6.45) is 2.23. The van der Waals surface area contributed by atoms with E-state index >= 15 is 0 Å². The molecule has 3 aromatic rings. The fourth-order valence-electron chi connectivity index (χ4n) is 3.61. The first-order valence-electron chi connectivity index (χ1n) is 8.13. The third-order valence-corrected chi connectivity index (χ3v) is 4.64. The van der Waals surface area contributed by atoms with Crippen molar-refractivity contribution in [2.75, 3.05) is 4.90 Å².